The number of aromatic nitrogens is 2. The smallest absolute Gasteiger partial charge is 0.230 e. The van der Waals surface area contributed by atoms with Crippen LogP contribution in [0.4, 0.5) is 0 Å². The predicted molar refractivity (Wildman–Crippen MR) is 90.2 cm³/mol. The zero-order valence-electron chi connectivity index (χ0n) is 13.6. The Morgan fingerprint density at radius 1 is 1.52 bits per heavy atom. The van der Waals surface area contributed by atoms with Crippen molar-refractivity contribution >= 4 is 17.2 Å². The van der Waals surface area contributed by atoms with E-state index in [2.05, 4.69) is 4.98 Å². The fourth-order valence-corrected chi connectivity index (χ4v) is 4.05. The molecule has 0 radical (unpaired) electrons. The van der Waals surface area contributed by atoms with E-state index in [1.807, 2.05) is 47.1 Å². The topological polar surface area (TPSA) is 58.4 Å². The van der Waals surface area contributed by atoms with Gasteiger partial charge in [0.25, 0.3) is 0 Å². The van der Waals surface area contributed by atoms with Gasteiger partial charge in [0.15, 0.2) is 0 Å². The molecule has 0 aromatic carbocycles. The number of piperidine rings is 1. The molecule has 1 aliphatic rings. The number of likely N-dealkylation sites (tertiary alicyclic amines) is 1. The molecule has 0 aliphatic carbocycles. The van der Waals surface area contributed by atoms with E-state index >= 15 is 0 Å². The molecule has 1 amide bonds. The summed E-state index contributed by atoms with van der Waals surface area (Å²) in [7, 11) is 1.89. The van der Waals surface area contributed by atoms with Crippen LogP contribution in [0.15, 0.2) is 29.9 Å². The lowest BCUT2D eigenvalue weighted by molar-refractivity contribution is -0.135. The second-order valence-electron chi connectivity index (χ2n) is 6.26. The van der Waals surface area contributed by atoms with E-state index in [9.17, 15) is 9.90 Å². The number of rotatable bonds is 4. The van der Waals surface area contributed by atoms with Crippen LogP contribution in [0, 0.1) is 5.92 Å². The van der Waals surface area contributed by atoms with E-state index < -0.39 is 6.10 Å². The molecule has 0 saturated carbocycles. The molecular weight excluding hydrogens is 310 g/mol. The highest BCUT2D eigenvalue weighted by Gasteiger charge is 2.32. The third-order valence-corrected chi connectivity index (χ3v) is 5.73. The van der Waals surface area contributed by atoms with E-state index in [0.717, 1.165) is 24.3 Å². The summed E-state index contributed by atoms with van der Waals surface area (Å²) in [4.78, 5) is 20.0. The van der Waals surface area contributed by atoms with Gasteiger partial charge in [-0.25, -0.2) is 4.98 Å². The lowest BCUT2D eigenvalue weighted by Crippen LogP contribution is -2.43. The van der Waals surface area contributed by atoms with Crippen LogP contribution in [-0.2, 0) is 11.8 Å². The highest BCUT2D eigenvalue weighted by Crippen LogP contribution is 2.31. The highest BCUT2D eigenvalue weighted by atomic mass is 32.1. The van der Waals surface area contributed by atoms with Crippen molar-refractivity contribution in [1.82, 2.24) is 14.5 Å². The Morgan fingerprint density at radius 2 is 2.35 bits per heavy atom. The number of carbonyl (C=O) groups is 1. The Labute approximate surface area is 140 Å². The van der Waals surface area contributed by atoms with Gasteiger partial charge in [0, 0.05) is 43.3 Å². The number of hydrogen-bond donors (Lipinski definition) is 1. The summed E-state index contributed by atoms with van der Waals surface area (Å²) in [5.41, 5.74) is 0. The van der Waals surface area contributed by atoms with Crippen LogP contribution < -0.4 is 0 Å². The molecule has 3 unspecified atom stereocenters. The number of aliphatic hydroxyl groups excluding tert-OH is 1. The van der Waals surface area contributed by atoms with Crippen molar-refractivity contribution in [3.63, 3.8) is 0 Å². The van der Waals surface area contributed by atoms with Crippen LogP contribution in [0.5, 0.6) is 0 Å². The average molecular weight is 333 g/mol. The molecule has 1 saturated heterocycles. The maximum atomic E-state index is 12.7. The monoisotopic (exact) mass is 333 g/mol. The number of hydrogen-bond acceptors (Lipinski definition) is 4. The molecule has 2 aromatic rings. The summed E-state index contributed by atoms with van der Waals surface area (Å²) in [6.07, 6.45) is 4.76. The van der Waals surface area contributed by atoms with Gasteiger partial charge in [-0.3, -0.25) is 4.79 Å². The molecule has 5 nitrogen and oxygen atoms in total. The molecule has 2 aromatic heterocycles. The Hall–Kier alpha value is -1.66. The summed E-state index contributed by atoms with van der Waals surface area (Å²) in [6, 6.07) is 3.99. The van der Waals surface area contributed by atoms with Crippen molar-refractivity contribution in [2.45, 2.75) is 31.8 Å². The largest absolute Gasteiger partial charge is 0.385 e. The Kier molecular flexibility index (Phi) is 4.82. The van der Waals surface area contributed by atoms with Crippen LogP contribution in [0.2, 0.25) is 0 Å². The Morgan fingerprint density at radius 3 is 3.00 bits per heavy atom. The average Bonchev–Trinajstić information content (AvgIpc) is 3.24. The molecule has 0 spiro atoms. The fraction of sp³-hybridized carbons (Fsp3) is 0.529. The second kappa shape index (κ2) is 6.84. The highest BCUT2D eigenvalue weighted by molar-refractivity contribution is 7.10. The minimum Gasteiger partial charge on any atom is -0.385 e. The van der Waals surface area contributed by atoms with Gasteiger partial charge in [-0.15, -0.1) is 11.3 Å². The van der Waals surface area contributed by atoms with Gasteiger partial charge in [-0.05, 0) is 31.2 Å². The summed E-state index contributed by atoms with van der Waals surface area (Å²) in [6.45, 7) is 3.34. The number of imidazole rings is 1. The summed E-state index contributed by atoms with van der Waals surface area (Å²) in [5.74, 6) is 0.767. The molecule has 6 heteroatoms. The second-order valence-corrected chi connectivity index (χ2v) is 7.24. The molecule has 3 atom stereocenters. The number of nitrogens with zero attached hydrogens (tertiary/aromatic N) is 3. The van der Waals surface area contributed by atoms with Crippen molar-refractivity contribution < 1.29 is 9.90 Å². The van der Waals surface area contributed by atoms with Gasteiger partial charge < -0.3 is 14.6 Å². The van der Waals surface area contributed by atoms with Gasteiger partial charge in [-0.1, -0.05) is 6.07 Å². The van der Waals surface area contributed by atoms with E-state index in [-0.39, 0.29) is 17.7 Å². The van der Waals surface area contributed by atoms with Gasteiger partial charge in [0.1, 0.15) is 11.9 Å². The first kappa shape index (κ1) is 16.2. The van der Waals surface area contributed by atoms with Crippen LogP contribution >= 0.6 is 11.3 Å². The lowest BCUT2D eigenvalue weighted by Gasteiger charge is -2.36. The summed E-state index contributed by atoms with van der Waals surface area (Å²) >= 11 is 1.62. The minimum atomic E-state index is -0.623. The predicted octanol–water partition coefficient (Wildman–Crippen LogP) is 2.56. The van der Waals surface area contributed by atoms with Gasteiger partial charge >= 0.3 is 0 Å². The lowest BCUT2D eigenvalue weighted by atomic mass is 9.91. The van der Waals surface area contributed by atoms with Gasteiger partial charge in [-0.2, -0.15) is 0 Å². The number of amides is 1. The Balaban J connectivity index is 1.68. The van der Waals surface area contributed by atoms with Gasteiger partial charge in [0.05, 0.1) is 5.92 Å². The van der Waals surface area contributed by atoms with Crippen LogP contribution in [0.25, 0.3) is 0 Å². The normalized spacial score (nSPS) is 21.2. The van der Waals surface area contributed by atoms with Crippen LogP contribution in [0.1, 0.15) is 42.5 Å². The zero-order valence-corrected chi connectivity index (χ0v) is 14.4. The van der Waals surface area contributed by atoms with Crippen molar-refractivity contribution in [3.8, 4) is 0 Å². The summed E-state index contributed by atoms with van der Waals surface area (Å²) in [5, 5.41) is 12.6. The zero-order chi connectivity index (χ0) is 16.4. The van der Waals surface area contributed by atoms with E-state index in [1.165, 1.54) is 0 Å². The summed E-state index contributed by atoms with van der Waals surface area (Å²) < 4.78 is 1.85. The number of carbonyl (C=O) groups excluding carboxylic acids is 1. The fourth-order valence-electron chi connectivity index (χ4n) is 3.27. The molecule has 124 valence electrons. The molecule has 1 aliphatic heterocycles. The number of thiophene rings is 1. The van der Waals surface area contributed by atoms with E-state index in [4.69, 9.17) is 0 Å². The van der Waals surface area contributed by atoms with Crippen LogP contribution in [-0.4, -0.2) is 38.6 Å². The minimum absolute atomic E-state index is 0.0457. The molecule has 3 rings (SSSR count). The molecule has 0 bridgehead atoms. The van der Waals surface area contributed by atoms with E-state index in [1.54, 1.807) is 17.5 Å². The first-order valence-corrected chi connectivity index (χ1v) is 8.93. The standard InChI is InChI=1S/C17H23N3O2S/c1-12(14-6-4-10-23-14)17(22)20-8-3-5-13(11-20)15(21)16-18-7-9-19(16)2/h4,6-7,9-10,12-13,15,21H,3,5,8,11H2,1-2H3. The van der Waals surface area contributed by atoms with Gasteiger partial charge in [0.2, 0.25) is 5.91 Å². The number of aryl methyl sites for hydroxylation is 1. The third kappa shape index (κ3) is 3.33. The van der Waals surface area contributed by atoms with Crippen LogP contribution in [0.3, 0.4) is 0 Å². The van der Waals surface area contributed by atoms with Crippen molar-refractivity contribution in [3.05, 3.63) is 40.6 Å². The maximum Gasteiger partial charge on any atom is 0.230 e. The third-order valence-electron chi connectivity index (χ3n) is 4.68. The maximum absolute atomic E-state index is 12.7. The Bertz CT molecular complexity index is 653. The molecule has 1 fully saturated rings. The number of aliphatic hydroxyl groups is 1. The van der Waals surface area contributed by atoms with Crippen molar-refractivity contribution in [2.75, 3.05) is 13.1 Å². The molecule has 23 heavy (non-hydrogen) atoms. The molecule has 1 N–H and O–H groups in total. The molecule has 3 heterocycles. The molecular formula is C17H23N3O2S. The van der Waals surface area contributed by atoms with E-state index in [0.29, 0.717) is 12.4 Å². The SMILES string of the molecule is CC(C(=O)N1CCCC(C(O)c2nccn2C)C1)c1cccs1. The van der Waals surface area contributed by atoms with Crippen molar-refractivity contribution in [2.24, 2.45) is 13.0 Å². The first-order chi connectivity index (χ1) is 11.1. The first-order valence-electron chi connectivity index (χ1n) is 8.05. The van der Waals surface area contributed by atoms with Crippen molar-refractivity contribution in [1.29, 1.82) is 0 Å². The quantitative estimate of drug-likeness (QED) is 0.935.